The Bertz CT molecular complexity index is 1280. The molecule has 0 aliphatic carbocycles. The summed E-state index contributed by atoms with van der Waals surface area (Å²) in [7, 11) is 0. The third-order valence-electron chi connectivity index (χ3n) is 7.89. The first-order valence-electron chi connectivity index (χ1n) is 16.2. The Kier molecular flexibility index (Phi) is 16.0. The Morgan fingerprint density at radius 2 is 1.30 bits per heavy atom. The van der Waals surface area contributed by atoms with E-state index in [0.717, 1.165) is 0 Å². The number of ether oxygens (including phenoxy) is 4. The Morgan fingerprint density at radius 3 is 1.82 bits per heavy atom. The van der Waals surface area contributed by atoms with Crippen LogP contribution in [0.5, 0.6) is 0 Å². The molecule has 2 heterocycles. The zero-order valence-corrected chi connectivity index (χ0v) is 28.1. The van der Waals surface area contributed by atoms with Gasteiger partial charge in [-0.05, 0) is 31.2 Å². The van der Waals surface area contributed by atoms with E-state index in [1.807, 2.05) is 0 Å². The lowest BCUT2D eigenvalue weighted by Gasteiger charge is -2.28. The van der Waals surface area contributed by atoms with Gasteiger partial charge in [0.25, 0.3) is 0 Å². The monoisotopic (exact) mass is 719 g/mol. The number of hydrogen-bond acceptors (Lipinski definition) is 10. The molecule has 280 valence electrons. The summed E-state index contributed by atoms with van der Waals surface area (Å²) in [6, 6.07) is 2.70. The summed E-state index contributed by atoms with van der Waals surface area (Å²) in [6.07, 6.45) is -0.0112. The number of carbonyl (C=O) groups excluding carboxylic acids is 5. The highest BCUT2D eigenvalue weighted by Gasteiger charge is 2.50. The van der Waals surface area contributed by atoms with Crippen LogP contribution in [0.3, 0.4) is 0 Å². The van der Waals surface area contributed by atoms with Crippen molar-refractivity contribution in [3.8, 4) is 0 Å². The number of benzene rings is 1. The molecule has 4 N–H and O–H groups in total. The number of epoxide rings is 1. The molecule has 0 spiro atoms. The zero-order chi connectivity index (χ0) is 36.8. The van der Waals surface area contributed by atoms with Gasteiger partial charge in [-0.3, -0.25) is 28.9 Å². The van der Waals surface area contributed by atoms with Crippen molar-refractivity contribution in [2.45, 2.75) is 76.6 Å². The fourth-order valence-corrected chi connectivity index (χ4v) is 5.10. The lowest BCUT2D eigenvalue weighted by molar-refractivity contribution is -0.150. The fraction of sp³-hybridized carbons (Fsp3) is 0.656. The number of alkyl halides is 4. The molecule has 2 aliphatic rings. The Morgan fingerprint density at radius 1 is 0.800 bits per heavy atom. The molecule has 0 radical (unpaired) electrons. The SMILES string of the molecule is CC(C)CC(NC(=O)[C@H](COC(F)F)NC(=O)CN1CCOCC1)C(=O)N[C@@H](COC(F)F)C(=O)N[C@@H](Cc1ccccc1)C(=O)[C@@]1(C)CO1. The number of rotatable bonds is 21. The maximum Gasteiger partial charge on any atom is 0.345 e. The topological polar surface area (TPSA) is 177 Å². The molecule has 1 unspecified atom stereocenters. The van der Waals surface area contributed by atoms with Gasteiger partial charge in [0.1, 0.15) is 23.7 Å². The molecular formula is C32H45F4N5O9. The molecule has 18 heteroatoms. The van der Waals surface area contributed by atoms with Crippen LogP contribution in [0.2, 0.25) is 0 Å². The van der Waals surface area contributed by atoms with Crippen molar-refractivity contribution in [1.29, 1.82) is 0 Å². The number of carbonyl (C=O) groups is 5. The number of hydrogen-bond donors (Lipinski definition) is 4. The molecule has 2 saturated heterocycles. The molecule has 2 aliphatic heterocycles. The molecular weight excluding hydrogens is 674 g/mol. The molecule has 4 amide bonds. The number of nitrogens with one attached hydrogen (secondary N) is 4. The van der Waals surface area contributed by atoms with Gasteiger partial charge in [-0.1, -0.05) is 44.2 Å². The highest BCUT2D eigenvalue weighted by atomic mass is 19.3. The van der Waals surface area contributed by atoms with Gasteiger partial charge < -0.3 is 40.2 Å². The van der Waals surface area contributed by atoms with Gasteiger partial charge in [0.05, 0.1) is 45.6 Å². The van der Waals surface area contributed by atoms with Crippen molar-refractivity contribution in [2.75, 3.05) is 52.7 Å². The number of Topliss-reactive ketones (excluding diaryl/α,β-unsaturated/α-hetero) is 1. The predicted molar refractivity (Wildman–Crippen MR) is 168 cm³/mol. The van der Waals surface area contributed by atoms with Crippen molar-refractivity contribution in [1.82, 2.24) is 26.2 Å². The van der Waals surface area contributed by atoms with Crippen molar-refractivity contribution in [3.63, 3.8) is 0 Å². The second-order valence-corrected chi connectivity index (χ2v) is 12.6. The van der Waals surface area contributed by atoms with Crippen LogP contribution in [0.1, 0.15) is 32.8 Å². The molecule has 2 fully saturated rings. The van der Waals surface area contributed by atoms with E-state index in [-0.39, 0.29) is 31.9 Å². The molecule has 5 atom stereocenters. The van der Waals surface area contributed by atoms with Crippen LogP contribution in [0.25, 0.3) is 0 Å². The third-order valence-corrected chi connectivity index (χ3v) is 7.89. The average Bonchev–Trinajstić information content (AvgIpc) is 3.82. The highest BCUT2D eigenvalue weighted by Crippen LogP contribution is 2.29. The Labute approximate surface area is 287 Å². The van der Waals surface area contributed by atoms with Gasteiger partial charge in [-0.2, -0.15) is 17.6 Å². The summed E-state index contributed by atoms with van der Waals surface area (Å²) in [5.41, 5.74) is -0.471. The van der Waals surface area contributed by atoms with Crippen molar-refractivity contribution >= 4 is 29.4 Å². The van der Waals surface area contributed by atoms with Crippen molar-refractivity contribution in [3.05, 3.63) is 35.9 Å². The van der Waals surface area contributed by atoms with Crippen LogP contribution in [0, 0.1) is 5.92 Å². The first-order chi connectivity index (χ1) is 23.7. The summed E-state index contributed by atoms with van der Waals surface area (Å²) < 4.78 is 71.2. The van der Waals surface area contributed by atoms with E-state index in [1.54, 1.807) is 56.0 Å². The van der Waals surface area contributed by atoms with Crippen LogP contribution >= 0.6 is 0 Å². The van der Waals surface area contributed by atoms with E-state index in [9.17, 15) is 41.5 Å². The first kappa shape index (κ1) is 40.7. The summed E-state index contributed by atoms with van der Waals surface area (Å²) in [5, 5.41) is 9.57. The maximum atomic E-state index is 13.5. The molecule has 14 nitrogen and oxygen atoms in total. The van der Waals surface area contributed by atoms with Crippen LogP contribution < -0.4 is 21.3 Å². The van der Waals surface area contributed by atoms with Crippen LogP contribution in [-0.2, 0) is 49.3 Å². The standard InChI is InChI=1S/C32H45F4N5O9/c1-19(2)13-22(39-28(45)23(16-48-30(33)34)37-25(42)15-41-9-11-47-12-10-41)27(44)40-24(17-49-31(35)36)29(46)38-21(26(43)32(3)18-50-32)14-20-7-5-4-6-8-20/h4-8,19,21-24,30-31H,9-18H2,1-3H3,(H,37,42)(H,38,46)(H,39,45)(H,40,44)/t21-,22?,23-,24-,32+/m0/s1. The van der Waals surface area contributed by atoms with E-state index in [0.29, 0.717) is 31.9 Å². The van der Waals surface area contributed by atoms with Gasteiger partial charge in [0, 0.05) is 13.1 Å². The van der Waals surface area contributed by atoms with Gasteiger partial charge in [0.15, 0.2) is 5.78 Å². The average molecular weight is 720 g/mol. The minimum absolute atomic E-state index is 0.0338. The molecule has 0 aromatic heterocycles. The van der Waals surface area contributed by atoms with E-state index >= 15 is 0 Å². The number of ketones is 1. The summed E-state index contributed by atoms with van der Waals surface area (Å²) in [4.78, 5) is 68.0. The van der Waals surface area contributed by atoms with E-state index < -0.39 is 85.6 Å². The van der Waals surface area contributed by atoms with E-state index in [2.05, 4.69) is 30.7 Å². The zero-order valence-electron chi connectivity index (χ0n) is 28.1. The van der Waals surface area contributed by atoms with E-state index in [1.165, 1.54) is 0 Å². The maximum absolute atomic E-state index is 13.5. The molecule has 0 saturated carbocycles. The normalized spacial score (nSPS) is 20.1. The molecule has 50 heavy (non-hydrogen) atoms. The van der Waals surface area contributed by atoms with Gasteiger partial charge >= 0.3 is 13.2 Å². The second-order valence-electron chi connectivity index (χ2n) is 12.6. The van der Waals surface area contributed by atoms with Gasteiger partial charge in [-0.15, -0.1) is 0 Å². The highest BCUT2D eigenvalue weighted by molar-refractivity contribution is 5.99. The smallest absolute Gasteiger partial charge is 0.345 e. The number of halogens is 4. The van der Waals surface area contributed by atoms with Gasteiger partial charge in [-0.25, -0.2) is 0 Å². The van der Waals surface area contributed by atoms with Crippen molar-refractivity contribution in [2.24, 2.45) is 5.92 Å². The summed E-state index contributed by atoms with van der Waals surface area (Å²) >= 11 is 0. The van der Waals surface area contributed by atoms with Crippen LogP contribution in [-0.4, -0.2) is 130 Å². The lowest BCUT2D eigenvalue weighted by Crippen LogP contribution is -2.60. The molecule has 1 aromatic carbocycles. The van der Waals surface area contributed by atoms with Crippen LogP contribution in [0.4, 0.5) is 17.6 Å². The van der Waals surface area contributed by atoms with Gasteiger partial charge in [0.2, 0.25) is 23.6 Å². The quantitative estimate of drug-likeness (QED) is 0.103. The Balaban J connectivity index is 1.75. The van der Waals surface area contributed by atoms with E-state index in [4.69, 9.17) is 9.47 Å². The third kappa shape index (κ3) is 13.9. The number of nitrogens with zero attached hydrogens (tertiary/aromatic N) is 1. The number of amides is 4. The van der Waals surface area contributed by atoms with Crippen molar-refractivity contribution < 1.29 is 60.5 Å². The summed E-state index contributed by atoms with van der Waals surface area (Å²) in [6.45, 7) is -1.94. The second kappa shape index (κ2) is 19.6. The molecule has 0 bridgehead atoms. The molecule has 3 rings (SSSR count). The predicted octanol–water partition coefficient (Wildman–Crippen LogP) is 0.383. The summed E-state index contributed by atoms with van der Waals surface area (Å²) in [5.74, 6) is -4.45. The first-order valence-corrected chi connectivity index (χ1v) is 16.2. The number of morpholine rings is 1. The minimum atomic E-state index is -3.31. The fourth-order valence-electron chi connectivity index (χ4n) is 5.10. The lowest BCUT2D eigenvalue weighted by atomic mass is 9.94. The largest absolute Gasteiger partial charge is 0.379 e. The molecule has 1 aromatic rings. The minimum Gasteiger partial charge on any atom is -0.379 e. The van der Waals surface area contributed by atoms with Crippen LogP contribution in [0.15, 0.2) is 30.3 Å². The Hall–Kier alpha value is -3.71.